The maximum Gasteiger partial charge on any atom is 3.00 e. The summed E-state index contributed by atoms with van der Waals surface area (Å²) >= 11 is 0. The van der Waals surface area contributed by atoms with Gasteiger partial charge in [-0.05, 0) is 62.3 Å². The molecule has 0 N–H and O–H groups in total. The van der Waals surface area contributed by atoms with Crippen LogP contribution in [0.15, 0.2) is 109 Å². The molecule has 6 aromatic rings. The third-order valence-corrected chi connectivity index (χ3v) is 6.29. The van der Waals surface area contributed by atoms with E-state index in [2.05, 4.69) is 102 Å². The largest absolute Gasteiger partial charge is 3.00 e. The second-order valence-electron chi connectivity index (χ2n) is 9.33. The molecule has 2 heterocycles. The van der Waals surface area contributed by atoms with Crippen molar-refractivity contribution in [2.24, 2.45) is 0 Å². The molecule has 0 saturated carbocycles. The van der Waals surface area contributed by atoms with Gasteiger partial charge in [0, 0.05) is 11.4 Å². The fourth-order valence-corrected chi connectivity index (χ4v) is 4.47. The van der Waals surface area contributed by atoms with Crippen LogP contribution in [0.5, 0.6) is 0 Å². The standard InChI is InChI=1S/C23H19N2.C11H11N2.CH3.Ir/c1-17-16-18(2)25(24-17)23-14-12-22(13-15-23)21-10-8-20(9-11-21)19-6-4-3-5-7-19;1-9-8-10(2)13(12-9)11-6-4-3-5-7-11;;/h3-14,16H,1-2H3;3-6,8H,1-2H3;1H3;/q3*-1;+3. The Morgan fingerprint density at radius 1 is 0.525 bits per heavy atom. The molecule has 0 unspecified atom stereocenters. The van der Waals surface area contributed by atoms with Gasteiger partial charge >= 0.3 is 20.1 Å². The van der Waals surface area contributed by atoms with Crippen LogP contribution in [0.25, 0.3) is 33.6 Å². The molecule has 4 nitrogen and oxygen atoms in total. The van der Waals surface area contributed by atoms with E-state index < -0.39 is 0 Å². The van der Waals surface area contributed by atoms with Crippen LogP contribution in [-0.4, -0.2) is 19.6 Å². The van der Waals surface area contributed by atoms with Gasteiger partial charge in [0.2, 0.25) is 0 Å². The van der Waals surface area contributed by atoms with Gasteiger partial charge < -0.3 is 7.43 Å². The molecule has 0 radical (unpaired) electrons. The predicted octanol–water partition coefficient (Wildman–Crippen LogP) is 8.36. The number of aryl methyl sites for hydroxylation is 4. The smallest absolute Gasteiger partial charge is 0.358 e. The van der Waals surface area contributed by atoms with Gasteiger partial charge in [0.05, 0.1) is 11.4 Å². The maximum atomic E-state index is 4.51. The van der Waals surface area contributed by atoms with Crippen LogP contribution in [0.4, 0.5) is 0 Å². The van der Waals surface area contributed by atoms with Crippen molar-refractivity contribution in [3.63, 3.8) is 0 Å². The molecule has 0 saturated heterocycles. The Labute approximate surface area is 251 Å². The quantitative estimate of drug-likeness (QED) is 0.173. The first kappa shape index (κ1) is 30.5. The van der Waals surface area contributed by atoms with Gasteiger partial charge in [0.15, 0.2) is 0 Å². The van der Waals surface area contributed by atoms with Crippen LogP contribution < -0.4 is 0 Å². The number of rotatable bonds is 4. The van der Waals surface area contributed by atoms with Crippen molar-refractivity contribution in [1.29, 1.82) is 0 Å². The molecule has 0 aliphatic carbocycles. The van der Waals surface area contributed by atoms with Crippen molar-refractivity contribution in [3.05, 3.63) is 152 Å². The van der Waals surface area contributed by atoms with E-state index in [0.717, 1.165) is 39.7 Å². The van der Waals surface area contributed by atoms with Crippen LogP contribution in [0.1, 0.15) is 22.8 Å². The van der Waals surface area contributed by atoms with Crippen molar-refractivity contribution < 1.29 is 20.1 Å². The average molecular weight is 702 g/mol. The zero-order valence-corrected chi connectivity index (χ0v) is 25.9. The number of benzene rings is 4. The molecule has 0 spiro atoms. The first-order valence-electron chi connectivity index (χ1n) is 12.7. The van der Waals surface area contributed by atoms with E-state index in [-0.39, 0.29) is 27.5 Å². The molecular formula is C35H33IrN4. The fraction of sp³-hybridized carbons (Fsp3) is 0.114. The third-order valence-electron chi connectivity index (χ3n) is 6.29. The Balaban J connectivity index is 0.000000250. The summed E-state index contributed by atoms with van der Waals surface area (Å²) in [5, 5.41) is 8.88. The van der Waals surface area contributed by atoms with Gasteiger partial charge in [-0.1, -0.05) is 60.2 Å². The van der Waals surface area contributed by atoms with Crippen molar-refractivity contribution in [2.75, 3.05) is 0 Å². The Kier molecular flexibility index (Phi) is 10.5. The second kappa shape index (κ2) is 13.8. The predicted molar refractivity (Wildman–Crippen MR) is 161 cm³/mol. The van der Waals surface area contributed by atoms with Crippen LogP contribution in [0.2, 0.25) is 0 Å². The van der Waals surface area contributed by atoms with Gasteiger partial charge in [-0.15, -0.1) is 17.7 Å². The molecule has 4 aromatic carbocycles. The molecule has 0 fully saturated rings. The van der Waals surface area contributed by atoms with Crippen LogP contribution in [0, 0.1) is 47.3 Å². The topological polar surface area (TPSA) is 35.6 Å². The SMILES string of the molecule is Cc1cc(C)n(-c2[c-]cc(-c3ccc(-c4ccccc4)cc3)cc2)n1.Cc1cc(C)n(-c2[c-]cccc2)n1.[CH3-].[Ir+3]. The molecule has 0 atom stereocenters. The van der Waals surface area contributed by atoms with Gasteiger partial charge in [0.1, 0.15) is 0 Å². The molecule has 40 heavy (non-hydrogen) atoms. The van der Waals surface area contributed by atoms with E-state index in [0.29, 0.717) is 0 Å². The number of aromatic nitrogens is 4. The zero-order chi connectivity index (χ0) is 26.5. The average Bonchev–Trinajstić information content (AvgIpc) is 3.49. The van der Waals surface area contributed by atoms with E-state index in [9.17, 15) is 0 Å². The number of nitrogens with zero attached hydrogens (tertiary/aromatic N) is 4. The number of para-hydroxylation sites is 1. The van der Waals surface area contributed by atoms with E-state index in [1.54, 1.807) is 0 Å². The fourth-order valence-electron chi connectivity index (χ4n) is 4.47. The zero-order valence-electron chi connectivity index (χ0n) is 23.5. The summed E-state index contributed by atoms with van der Waals surface area (Å²) in [7, 11) is 0. The van der Waals surface area contributed by atoms with Crippen molar-refractivity contribution in [3.8, 4) is 33.6 Å². The molecule has 6 rings (SSSR count). The van der Waals surface area contributed by atoms with E-state index >= 15 is 0 Å². The molecule has 0 amide bonds. The summed E-state index contributed by atoms with van der Waals surface area (Å²) in [6.07, 6.45) is 0. The molecular weight excluding hydrogens is 669 g/mol. The summed E-state index contributed by atoms with van der Waals surface area (Å²) in [6.45, 7) is 8.10. The van der Waals surface area contributed by atoms with Crippen LogP contribution in [0.3, 0.4) is 0 Å². The minimum atomic E-state index is 0. The van der Waals surface area contributed by atoms with Crippen molar-refractivity contribution >= 4 is 0 Å². The second-order valence-corrected chi connectivity index (χ2v) is 9.33. The van der Waals surface area contributed by atoms with E-state index in [1.807, 2.05) is 66.5 Å². The Morgan fingerprint density at radius 3 is 1.45 bits per heavy atom. The first-order valence-corrected chi connectivity index (χ1v) is 12.7. The molecule has 202 valence electrons. The molecule has 5 heteroatoms. The Hall–Kier alpha value is -4.05. The minimum absolute atomic E-state index is 0. The van der Waals surface area contributed by atoms with Gasteiger partial charge in [-0.25, -0.2) is 0 Å². The Bertz CT molecular complexity index is 1620. The molecule has 0 aliphatic heterocycles. The van der Waals surface area contributed by atoms with Gasteiger partial charge in [0.25, 0.3) is 0 Å². The van der Waals surface area contributed by atoms with Crippen molar-refractivity contribution in [1.82, 2.24) is 19.6 Å². The summed E-state index contributed by atoms with van der Waals surface area (Å²) < 4.78 is 3.83. The number of hydrogen-bond donors (Lipinski definition) is 0. The molecule has 2 aromatic heterocycles. The summed E-state index contributed by atoms with van der Waals surface area (Å²) in [5.41, 5.74) is 11.1. The minimum Gasteiger partial charge on any atom is -0.358 e. The summed E-state index contributed by atoms with van der Waals surface area (Å²) in [4.78, 5) is 0. The van der Waals surface area contributed by atoms with E-state index in [4.69, 9.17) is 0 Å². The van der Waals surface area contributed by atoms with E-state index in [1.165, 1.54) is 16.7 Å². The van der Waals surface area contributed by atoms with Gasteiger partial charge in [-0.2, -0.15) is 52.7 Å². The van der Waals surface area contributed by atoms with Crippen molar-refractivity contribution in [2.45, 2.75) is 27.7 Å². The monoisotopic (exact) mass is 702 g/mol. The normalized spacial score (nSPS) is 10.1. The summed E-state index contributed by atoms with van der Waals surface area (Å²) in [6, 6.07) is 43.8. The van der Waals surface area contributed by atoms with Gasteiger partial charge in [-0.3, -0.25) is 9.36 Å². The maximum absolute atomic E-state index is 4.51. The molecule has 0 bridgehead atoms. The third kappa shape index (κ3) is 7.12. The van der Waals surface area contributed by atoms with Crippen LogP contribution in [-0.2, 0) is 20.1 Å². The number of hydrogen-bond acceptors (Lipinski definition) is 2. The summed E-state index contributed by atoms with van der Waals surface area (Å²) in [5.74, 6) is 0. The first-order chi connectivity index (χ1) is 18.5. The van der Waals surface area contributed by atoms with Crippen LogP contribution >= 0.6 is 0 Å². The molecule has 0 aliphatic rings. The Morgan fingerprint density at radius 2 is 1.00 bits per heavy atom.